The normalized spacial score (nSPS) is 18.1. The van der Waals surface area contributed by atoms with Crippen LogP contribution in [-0.4, -0.2) is 26.3 Å². The van der Waals surface area contributed by atoms with Gasteiger partial charge in [-0.15, -0.1) is 0 Å². The van der Waals surface area contributed by atoms with E-state index in [2.05, 4.69) is 5.32 Å². The lowest BCUT2D eigenvalue weighted by molar-refractivity contribution is -0.137. The zero-order valence-electron chi connectivity index (χ0n) is 18.2. The first kappa shape index (κ1) is 23.9. The molecule has 9 heteroatoms. The van der Waals surface area contributed by atoms with Crippen molar-refractivity contribution in [2.75, 3.05) is 25.2 Å². The fraction of sp³-hybridized carbons (Fsp3) is 0.240. The van der Waals surface area contributed by atoms with Gasteiger partial charge in [0, 0.05) is 37.4 Å². The van der Waals surface area contributed by atoms with Crippen molar-refractivity contribution in [3.05, 3.63) is 88.9 Å². The first-order valence-electron chi connectivity index (χ1n) is 10.5. The number of anilines is 1. The number of amides is 2. The molecule has 1 atom stereocenters. The van der Waals surface area contributed by atoms with Crippen LogP contribution in [0.1, 0.15) is 17.5 Å². The van der Waals surface area contributed by atoms with Gasteiger partial charge in [-0.3, -0.25) is 4.90 Å². The molecule has 2 amide bonds. The molecule has 4 rings (SSSR count). The second-order valence-corrected chi connectivity index (χ2v) is 8.33. The molecule has 0 spiro atoms. The van der Waals surface area contributed by atoms with Crippen LogP contribution in [0.4, 0.5) is 23.7 Å². The van der Waals surface area contributed by atoms with Gasteiger partial charge in [-0.2, -0.15) is 13.2 Å². The van der Waals surface area contributed by atoms with Gasteiger partial charge in [0.15, 0.2) is 0 Å². The largest absolute Gasteiger partial charge is 0.457 e. The minimum absolute atomic E-state index is 0.138. The maximum atomic E-state index is 13.4. The van der Waals surface area contributed by atoms with Crippen molar-refractivity contribution < 1.29 is 27.4 Å². The lowest BCUT2D eigenvalue weighted by atomic mass is 9.84. The summed E-state index contributed by atoms with van der Waals surface area (Å²) in [6, 6.07) is 18.3. The molecule has 1 aliphatic heterocycles. The van der Waals surface area contributed by atoms with E-state index in [1.54, 1.807) is 54.6 Å². The molecule has 0 saturated carbocycles. The van der Waals surface area contributed by atoms with Crippen LogP contribution in [0.2, 0.25) is 5.02 Å². The van der Waals surface area contributed by atoms with Crippen LogP contribution in [-0.2, 0) is 16.5 Å². The Morgan fingerprint density at radius 2 is 1.68 bits per heavy atom. The molecule has 1 unspecified atom stereocenters. The van der Waals surface area contributed by atoms with Crippen LogP contribution in [0.25, 0.3) is 0 Å². The van der Waals surface area contributed by atoms with E-state index in [-0.39, 0.29) is 13.2 Å². The molecule has 34 heavy (non-hydrogen) atoms. The van der Waals surface area contributed by atoms with Crippen LogP contribution in [0.5, 0.6) is 11.5 Å². The Morgan fingerprint density at radius 3 is 2.29 bits per heavy atom. The van der Waals surface area contributed by atoms with Gasteiger partial charge in [0.2, 0.25) is 0 Å². The summed E-state index contributed by atoms with van der Waals surface area (Å²) in [5.74, 6) is 1.13. The van der Waals surface area contributed by atoms with Crippen molar-refractivity contribution in [2.24, 2.45) is 0 Å². The number of hydrogen-bond donors (Lipinski definition) is 1. The number of methoxy groups -OCH3 is 1. The first-order valence-corrected chi connectivity index (χ1v) is 10.9. The molecule has 1 aliphatic rings. The molecule has 0 radical (unpaired) electrons. The number of ether oxygens (including phenoxy) is 2. The molecule has 1 heterocycles. The van der Waals surface area contributed by atoms with Crippen LogP contribution in [0, 0.1) is 0 Å². The van der Waals surface area contributed by atoms with Crippen LogP contribution in [0.3, 0.4) is 0 Å². The second-order valence-electron chi connectivity index (χ2n) is 7.90. The number of halogens is 4. The molecule has 0 bridgehead atoms. The summed E-state index contributed by atoms with van der Waals surface area (Å²) in [5.41, 5.74) is -0.939. The number of benzene rings is 3. The predicted molar refractivity (Wildman–Crippen MR) is 123 cm³/mol. The summed E-state index contributed by atoms with van der Waals surface area (Å²) in [6.07, 6.45) is -4.20. The van der Waals surface area contributed by atoms with Gasteiger partial charge >= 0.3 is 12.2 Å². The third kappa shape index (κ3) is 4.83. The summed E-state index contributed by atoms with van der Waals surface area (Å²) in [4.78, 5) is 14.4. The summed E-state index contributed by atoms with van der Waals surface area (Å²) in [6.45, 7) is 0.388. The Balaban J connectivity index is 1.69. The van der Waals surface area contributed by atoms with E-state index in [1.165, 1.54) is 18.1 Å². The topological polar surface area (TPSA) is 50.8 Å². The predicted octanol–water partition coefficient (Wildman–Crippen LogP) is 6.61. The average Bonchev–Trinajstić information content (AvgIpc) is 3.16. The van der Waals surface area contributed by atoms with E-state index in [4.69, 9.17) is 21.1 Å². The molecule has 1 N–H and O–H groups in total. The maximum absolute atomic E-state index is 13.4. The molecular formula is C25H22ClF3N2O3. The van der Waals surface area contributed by atoms with E-state index in [1.807, 2.05) is 0 Å². The fourth-order valence-corrected chi connectivity index (χ4v) is 4.20. The summed E-state index contributed by atoms with van der Waals surface area (Å²) < 4.78 is 51.3. The zero-order chi connectivity index (χ0) is 24.3. The molecule has 3 aromatic rings. The minimum Gasteiger partial charge on any atom is -0.457 e. The third-order valence-corrected chi connectivity index (χ3v) is 6.01. The van der Waals surface area contributed by atoms with E-state index in [0.717, 1.165) is 12.1 Å². The van der Waals surface area contributed by atoms with E-state index in [0.29, 0.717) is 34.2 Å². The average molecular weight is 491 g/mol. The number of nitrogens with one attached hydrogen (secondary N) is 1. The van der Waals surface area contributed by atoms with Crippen molar-refractivity contribution in [3.8, 4) is 11.5 Å². The van der Waals surface area contributed by atoms with Gasteiger partial charge in [-0.25, -0.2) is 4.79 Å². The number of nitrogens with zero attached hydrogens (tertiary/aromatic N) is 1. The molecular weight excluding hydrogens is 469 g/mol. The molecule has 5 nitrogen and oxygen atoms in total. The van der Waals surface area contributed by atoms with Gasteiger partial charge < -0.3 is 14.8 Å². The number of rotatable bonds is 7. The molecule has 1 fully saturated rings. The number of carbonyl (C=O) groups is 1. The minimum atomic E-state index is -4.50. The van der Waals surface area contributed by atoms with E-state index < -0.39 is 23.3 Å². The van der Waals surface area contributed by atoms with Crippen molar-refractivity contribution in [2.45, 2.75) is 18.1 Å². The molecule has 1 saturated heterocycles. The molecule has 178 valence electrons. The van der Waals surface area contributed by atoms with Gasteiger partial charge in [-0.1, -0.05) is 23.7 Å². The van der Waals surface area contributed by atoms with Crippen LogP contribution >= 0.6 is 11.6 Å². The highest BCUT2D eigenvalue weighted by molar-refractivity contribution is 6.30. The molecule has 0 aliphatic carbocycles. The van der Waals surface area contributed by atoms with E-state index in [9.17, 15) is 18.0 Å². The molecule has 0 aromatic heterocycles. The Morgan fingerprint density at radius 1 is 1.03 bits per heavy atom. The number of urea groups is 1. The van der Waals surface area contributed by atoms with Gasteiger partial charge in [-0.05, 0) is 66.2 Å². The fourth-order valence-electron chi connectivity index (χ4n) is 4.07. The van der Waals surface area contributed by atoms with Crippen molar-refractivity contribution in [3.63, 3.8) is 0 Å². The van der Waals surface area contributed by atoms with Gasteiger partial charge in [0.1, 0.15) is 11.5 Å². The Labute approximate surface area is 200 Å². The highest BCUT2D eigenvalue weighted by atomic mass is 35.5. The zero-order valence-corrected chi connectivity index (χ0v) is 19.0. The highest BCUT2D eigenvalue weighted by Crippen LogP contribution is 2.42. The van der Waals surface area contributed by atoms with E-state index >= 15 is 0 Å². The highest BCUT2D eigenvalue weighted by Gasteiger charge is 2.48. The lowest BCUT2D eigenvalue weighted by Crippen LogP contribution is -2.46. The SMILES string of the molecule is COCCC1(c2cccc(C(F)(F)F)c2)CNC(=O)N1c1ccc(Oc2ccc(Cl)cc2)cc1. The quantitative estimate of drug-likeness (QED) is 0.405. The monoisotopic (exact) mass is 490 g/mol. The van der Waals surface area contributed by atoms with Crippen molar-refractivity contribution >= 4 is 23.3 Å². The third-order valence-electron chi connectivity index (χ3n) is 5.75. The number of alkyl halides is 3. The summed E-state index contributed by atoms with van der Waals surface area (Å²) in [7, 11) is 1.51. The van der Waals surface area contributed by atoms with Crippen LogP contribution in [0.15, 0.2) is 72.8 Å². The summed E-state index contributed by atoms with van der Waals surface area (Å²) >= 11 is 5.90. The second kappa shape index (κ2) is 9.56. The molecule has 3 aromatic carbocycles. The number of hydrogen-bond acceptors (Lipinski definition) is 3. The van der Waals surface area contributed by atoms with Crippen LogP contribution < -0.4 is 15.0 Å². The number of carbonyl (C=O) groups excluding carboxylic acids is 1. The Kier molecular flexibility index (Phi) is 6.72. The Hall–Kier alpha value is -3.23. The summed E-state index contributed by atoms with van der Waals surface area (Å²) in [5, 5.41) is 3.38. The Bertz CT molecular complexity index is 1150. The van der Waals surface area contributed by atoms with Crippen molar-refractivity contribution in [1.82, 2.24) is 5.32 Å². The first-order chi connectivity index (χ1) is 16.2. The smallest absolute Gasteiger partial charge is 0.416 e. The van der Waals surface area contributed by atoms with Gasteiger partial charge in [0.25, 0.3) is 0 Å². The maximum Gasteiger partial charge on any atom is 0.416 e. The lowest BCUT2D eigenvalue weighted by Gasteiger charge is -2.38. The van der Waals surface area contributed by atoms with Gasteiger partial charge in [0.05, 0.1) is 11.1 Å². The van der Waals surface area contributed by atoms with Crippen molar-refractivity contribution in [1.29, 1.82) is 0 Å². The standard InChI is InChI=1S/C25H22ClF3N2O3/c1-33-14-13-24(17-3-2-4-18(15-17)25(27,28)29)16-30-23(32)31(24)20-7-11-22(12-8-20)34-21-9-5-19(26)6-10-21/h2-12,15H,13-14,16H2,1H3,(H,30,32).